The standard InChI is InChI=1S/C22H30F2/c1-6-7-8-18(4)22(21(24)15-23)19(5)12-11-17(3)20-13-9-16(2)10-14-20/h6-7,11-12,15-16,20H,3,5,8-10,13-14H2,1-2,4H3/b7-6+,12-11-,21-15-,22-18+. The molecule has 1 rings (SSSR count). The normalized spacial score (nSPS) is 23.6. The van der Waals surface area contributed by atoms with Gasteiger partial charge in [0.1, 0.15) is 6.33 Å². The topological polar surface area (TPSA) is 0 Å². The van der Waals surface area contributed by atoms with E-state index in [1.54, 1.807) is 13.0 Å². The molecule has 0 aromatic rings. The van der Waals surface area contributed by atoms with Crippen LogP contribution in [0.2, 0.25) is 0 Å². The minimum atomic E-state index is -0.872. The van der Waals surface area contributed by atoms with Crippen LogP contribution < -0.4 is 0 Å². The first-order chi connectivity index (χ1) is 11.4. The SMILES string of the molecule is C=C(/C=C\C(=C)C1CCC(C)CC1)C(/C(F)=C/F)=C(/C)C/C=C/C. The minimum absolute atomic E-state index is 0.00482. The van der Waals surface area contributed by atoms with Crippen molar-refractivity contribution in [3.8, 4) is 0 Å². The molecule has 1 aliphatic carbocycles. The molecule has 132 valence electrons. The van der Waals surface area contributed by atoms with Crippen LogP contribution in [-0.2, 0) is 0 Å². The van der Waals surface area contributed by atoms with Crippen molar-refractivity contribution in [1.29, 1.82) is 0 Å². The van der Waals surface area contributed by atoms with Crippen LogP contribution in [-0.4, -0.2) is 0 Å². The second-order valence-electron chi connectivity index (χ2n) is 6.78. The van der Waals surface area contributed by atoms with Gasteiger partial charge in [0.25, 0.3) is 0 Å². The van der Waals surface area contributed by atoms with E-state index >= 15 is 0 Å². The Balaban J connectivity index is 2.86. The van der Waals surface area contributed by atoms with Crippen molar-refractivity contribution in [1.82, 2.24) is 0 Å². The van der Waals surface area contributed by atoms with Gasteiger partial charge in [-0.2, -0.15) is 0 Å². The zero-order valence-electron chi connectivity index (χ0n) is 15.2. The van der Waals surface area contributed by atoms with Gasteiger partial charge in [-0.3, -0.25) is 0 Å². The van der Waals surface area contributed by atoms with Crippen LogP contribution in [0.1, 0.15) is 52.9 Å². The average Bonchev–Trinajstić information content (AvgIpc) is 2.58. The van der Waals surface area contributed by atoms with Gasteiger partial charge in [-0.15, -0.1) is 0 Å². The summed E-state index contributed by atoms with van der Waals surface area (Å²) in [7, 11) is 0. The maximum Gasteiger partial charge on any atom is 0.159 e. The van der Waals surface area contributed by atoms with Crippen LogP contribution in [0.4, 0.5) is 8.78 Å². The van der Waals surface area contributed by atoms with E-state index < -0.39 is 5.83 Å². The van der Waals surface area contributed by atoms with E-state index in [0.717, 1.165) is 29.9 Å². The Morgan fingerprint density at radius 1 is 1.12 bits per heavy atom. The Kier molecular flexibility index (Phi) is 8.67. The largest absolute Gasteiger partial charge is 0.212 e. The molecular weight excluding hydrogens is 302 g/mol. The van der Waals surface area contributed by atoms with Crippen molar-refractivity contribution in [2.75, 3.05) is 0 Å². The molecule has 0 unspecified atom stereocenters. The van der Waals surface area contributed by atoms with Crippen molar-refractivity contribution >= 4 is 0 Å². The molecule has 0 radical (unpaired) electrons. The van der Waals surface area contributed by atoms with Crippen LogP contribution in [0.25, 0.3) is 0 Å². The quantitative estimate of drug-likeness (QED) is 0.333. The highest BCUT2D eigenvalue weighted by atomic mass is 19.2. The van der Waals surface area contributed by atoms with Gasteiger partial charge in [-0.1, -0.05) is 68.4 Å². The fourth-order valence-corrected chi connectivity index (χ4v) is 3.14. The Morgan fingerprint density at radius 3 is 2.29 bits per heavy atom. The van der Waals surface area contributed by atoms with Crippen molar-refractivity contribution < 1.29 is 8.78 Å². The van der Waals surface area contributed by atoms with E-state index in [1.165, 1.54) is 12.8 Å². The molecule has 0 aliphatic heterocycles. The maximum absolute atomic E-state index is 13.9. The van der Waals surface area contributed by atoms with E-state index in [9.17, 15) is 8.78 Å². The molecule has 2 heteroatoms. The predicted molar refractivity (Wildman–Crippen MR) is 101 cm³/mol. The third kappa shape index (κ3) is 6.07. The zero-order chi connectivity index (χ0) is 18.1. The second kappa shape index (κ2) is 10.2. The first kappa shape index (κ1) is 20.3. The van der Waals surface area contributed by atoms with Gasteiger partial charge in [0.15, 0.2) is 5.83 Å². The van der Waals surface area contributed by atoms with Gasteiger partial charge >= 0.3 is 0 Å². The molecule has 0 amide bonds. The molecule has 0 aromatic heterocycles. The minimum Gasteiger partial charge on any atom is -0.212 e. The summed E-state index contributed by atoms with van der Waals surface area (Å²) < 4.78 is 26.7. The maximum atomic E-state index is 13.9. The van der Waals surface area contributed by atoms with Gasteiger partial charge in [0, 0.05) is 5.57 Å². The number of hydrogen-bond acceptors (Lipinski definition) is 0. The molecular formula is C22H30F2. The number of rotatable bonds is 7. The summed E-state index contributed by atoms with van der Waals surface area (Å²) in [6.45, 7) is 14.1. The Labute approximate surface area is 146 Å². The third-order valence-electron chi connectivity index (χ3n) is 4.78. The lowest BCUT2D eigenvalue weighted by atomic mass is 9.79. The predicted octanol–water partition coefficient (Wildman–Crippen LogP) is 7.54. The Bertz CT molecular complexity index is 565. The fourth-order valence-electron chi connectivity index (χ4n) is 3.14. The first-order valence-corrected chi connectivity index (χ1v) is 8.74. The van der Waals surface area contributed by atoms with E-state index in [1.807, 2.05) is 25.2 Å². The second-order valence-corrected chi connectivity index (χ2v) is 6.78. The van der Waals surface area contributed by atoms with E-state index in [0.29, 0.717) is 17.9 Å². The molecule has 1 aliphatic rings. The Hall–Kier alpha value is -1.70. The number of allylic oxidation sites excluding steroid dienone is 9. The Morgan fingerprint density at radius 2 is 1.75 bits per heavy atom. The van der Waals surface area contributed by atoms with Crippen LogP contribution in [0.5, 0.6) is 0 Å². The van der Waals surface area contributed by atoms with Crippen molar-refractivity contribution in [3.63, 3.8) is 0 Å². The van der Waals surface area contributed by atoms with Gasteiger partial charge < -0.3 is 0 Å². The molecule has 0 nitrogen and oxygen atoms in total. The van der Waals surface area contributed by atoms with Crippen LogP contribution in [0, 0.1) is 11.8 Å². The highest BCUT2D eigenvalue weighted by molar-refractivity contribution is 5.51. The number of hydrogen-bond donors (Lipinski definition) is 0. The lowest BCUT2D eigenvalue weighted by molar-refractivity contribution is 0.324. The molecule has 1 fully saturated rings. The van der Waals surface area contributed by atoms with Gasteiger partial charge in [-0.05, 0) is 50.5 Å². The van der Waals surface area contributed by atoms with Crippen LogP contribution in [0.3, 0.4) is 0 Å². The number of halogens is 2. The van der Waals surface area contributed by atoms with Crippen molar-refractivity contribution in [2.45, 2.75) is 52.9 Å². The summed E-state index contributed by atoms with van der Waals surface area (Å²) in [6, 6.07) is 0. The summed E-state index contributed by atoms with van der Waals surface area (Å²) in [6.07, 6.45) is 12.8. The molecule has 0 bridgehead atoms. The highest BCUT2D eigenvalue weighted by Crippen LogP contribution is 2.33. The summed E-state index contributed by atoms with van der Waals surface area (Å²) in [4.78, 5) is 0. The average molecular weight is 332 g/mol. The smallest absolute Gasteiger partial charge is 0.159 e. The molecule has 0 atom stereocenters. The van der Waals surface area contributed by atoms with Crippen LogP contribution >= 0.6 is 0 Å². The monoisotopic (exact) mass is 332 g/mol. The van der Waals surface area contributed by atoms with Crippen molar-refractivity contribution in [2.24, 2.45) is 11.8 Å². The molecule has 0 spiro atoms. The molecule has 0 heterocycles. The van der Waals surface area contributed by atoms with E-state index in [4.69, 9.17) is 0 Å². The van der Waals surface area contributed by atoms with Crippen LogP contribution in [0.15, 0.2) is 71.9 Å². The molecule has 0 saturated heterocycles. The summed E-state index contributed by atoms with van der Waals surface area (Å²) in [5.74, 6) is 0.410. The van der Waals surface area contributed by atoms with E-state index in [-0.39, 0.29) is 11.9 Å². The lowest BCUT2D eigenvalue weighted by Gasteiger charge is -2.26. The van der Waals surface area contributed by atoms with E-state index in [2.05, 4.69) is 20.1 Å². The summed E-state index contributed by atoms with van der Waals surface area (Å²) in [5.41, 5.74) is 2.54. The van der Waals surface area contributed by atoms with Gasteiger partial charge in [0.05, 0.1) is 0 Å². The molecule has 24 heavy (non-hydrogen) atoms. The van der Waals surface area contributed by atoms with Gasteiger partial charge in [0.2, 0.25) is 0 Å². The highest BCUT2D eigenvalue weighted by Gasteiger charge is 2.19. The fraction of sp³-hybridized carbons (Fsp3) is 0.455. The molecule has 0 N–H and O–H groups in total. The summed E-state index contributed by atoms with van der Waals surface area (Å²) >= 11 is 0. The van der Waals surface area contributed by atoms with Crippen molar-refractivity contribution in [3.05, 3.63) is 71.9 Å². The zero-order valence-corrected chi connectivity index (χ0v) is 15.2. The first-order valence-electron chi connectivity index (χ1n) is 8.74. The van der Waals surface area contributed by atoms with Gasteiger partial charge in [-0.25, -0.2) is 8.78 Å². The lowest BCUT2D eigenvalue weighted by Crippen LogP contribution is -2.13. The molecule has 1 saturated carbocycles. The summed E-state index contributed by atoms with van der Waals surface area (Å²) in [5, 5.41) is 0. The third-order valence-corrected chi connectivity index (χ3v) is 4.78. The molecule has 0 aromatic carbocycles.